The molecule has 2 aromatic carbocycles. The van der Waals surface area contributed by atoms with E-state index < -0.39 is 0 Å². The summed E-state index contributed by atoms with van der Waals surface area (Å²) >= 11 is 0. The lowest BCUT2D eigenvalue weighted by molar-refractivity contribution is 0.155. The van der Waals surface area contributed by atoms with Crippen LogP contribution >= 0.6 is 0 Å². The molecular formula is C32H36N4O. The monoisotopic (exact) mass is 492 g/mol. The first-order valence-corrected chi connectivity index (χ1v) is 13.3. The number of hydrogen-bond acceptors (Lipinski definition) is 5. The van der Waals surface area contributed by atoms with Crippen LogP contribution in [0.4, 0.5) is 0 Å². The van der Waals surface area contributed by atoms with E-state index >= 15 is 0 Å². The van der Waals surface area contributed by atoms with E-state index in [0.29, 0.717) is 0 Å². The topological polar surface area (TPSA) is 50.3 Å². The highest BCUT2D eigenvalue weighted by Crippen LogP contribution is 2.35. The normalized spacial score (nSPS) is 14.9. The Hall–Kier alpha value is -3.54. The molecule has 0 saturated heterocycles. The van der Waals surface area contributed by atoms with Crippen LogP contribution in [0.1, 0.15) is 52.5 Å². The molecule has 1 N–H and O–H groups in total. The first kappa shape index (κ1) is 25.1. The number of methoxy groups -OCH3 is 1. The lowest BCUT2D eigenvalue weighted by Gasteiger charge is -2.35. The molecule has 1 atom stereocenters. The second kappa shape index (κ2) is 12.6. The van der Waals surface area contributed by atoms with Crippen molar-refractivity contribution in [1.29, 1.82) is 0 Å². The molecule has 37 heavy (non-hydrogen) atoms. The van der Waals surface area contributed by atoms with Crippen molar-refractivity contribution in [3.63, 3.8) is 0 Å². The van der Waals surface area contributed by atoms with Crippen LogP contribution in [0.3, 0.4) is 0 Å². The van der Waals surface area contributed by atoms with Gasteiger partial charge in [-0.25, -0.2) is 0 Å². The lowest BCUT2D eigenvalue weighted by atomic mass is 9.90. The highest BCUT2D eigenvalue weighted by atomic mass is 16.5. The molecule has 0 amide bonds. The Morgan fingerprint density at radius 1 is 0.892 bits per heavy atom. The van der Waals surface area contributed by atoms with Gasteiger partial charge in [0.2, 0.25) is 0 Å². The van der Waals surface area contributed by atoms with Gasteiger partial charge in [0.05, 0.1) is 18.8 Å². The van der Waals surface area contributed by atoms with E-state index in [4.69, 9.17) is 9.72 Å². The highest BCUT2D eigenvalue weighted by Gasteiger charge is 2.28. The first-order valence-electron chi connectivity index (χ1n) is 13.3. The third kappa shape index (κ3) is 6.62. The molecule has 0 bridgehead atoms. The number of nitrogens with one attached hydrogen (secondary N) is 1. The summed E-state index contributed by atoms with van der Waals surface area (Å²) in [6, 6.07) is 28.0. The van der Waals surface area contributed by atoms with E-state index in [2.05, 4.69) is 75.9 Å². The maximum absolute atomic E-state index is 5.70. The maximum atomic E-state index is 5.70. The summed E-state index contributed by atoms with van der Waals surface area (Å²) in [5.41, 5.74) is 7.57. The number of aromatic nitrogens is 2. The molecule has 1 aliphatic carbocycles. The Morgan fingerprint density at radius 2 is 1.76 bits per heavy atom. The van der Waals surface area contributed by atoms with Crippen LogP contribution in [0.15, 0.2) is 91.3 Å². The van der Waals surface area contributed by atoms with Gasteiger partial charge in [-0.3, -0.25) is 14.9 Å². The van der Waals surface area contributed by atoms with Crippen LogP contribution in [0.2, 0.25) is 0 Å². The molecule has 5 nitrogen and oxygen atoms in total. The van der Waals surface area contributed by atoms with Gasteiger partial charge >= 0.3 is 0 Å². The number of nitrogens with zero attached hydrogens (tertiary/aromatic N) is 3. The van der Waals surface area contributed by atoms with E-state index in [-0.39, 0.29) is 6.04 Å². The summed E-state index contributed by atoms with van der Waals surface area (Å²) in [6.45, 7) is 3.43. The first-order chi connectivity index (χ1) is 18.3. The number of ether oxygens (including phenoxy) is 1. The van der Waals surface area contributed by atoms with Crippen molar-refractivity contribution in [2.75, 3.05) is 13.7 Å². The zero-order chi connectivity index (χ0) is 25.3. The Labute approximate surface area is 220 Å². The van der Waals surface area contributed by atoms with E-state index in [1.54, 1.807) is 7.11 Å². The molecular weight excluding hydrogens is 456 g/mol. The average molecular weight is 493 g/mol. The highest BCUT2D eigenvalue weighted by molar-refractivity contribution is 5.34. The molecule has 2 aromatic heterocycles. The SMILES string of the molecule is COc1ccccc1CN(Cc1cccc(CNCCc2ccccn2)c1)C1CCCc2cccnc21. The molecule has 5 heteroatoms. The summed E-state index contributed by atoms with van der Waals surface area (Å²) in [6.07, 6.45) is 8.15. The van der Waals surface area contributed by atoms with Crippen LogP contribution in [0.25, 0.3) is 0 Å². The van der Waals surface area contributed by atoms with Gasteiger partial charge in [0.15, 0.2) is 0 Å². The molecule has 0 spiro atoms. The summed E-state index contributed by atoms with van der Waals surface area (Å²) in [5, 5.41) is 3.58. The number of fused-ring (bicyclic) bond motifs is 1. The van der Waals surface area contributed by atoms with Crippen LogP contribution < -0.4 is 10.1 Å². The van der Waals surface area contributed by atoms with Gasteiger partial charge in [-0.15, -0.1) is 0 Å². The van der Waals surface area contributed by atoms with Crippen molar-refractivity contribution >= 4 is 0 Å². The maximum Gasteiger partial charge on any atom is 0.123 e. The third-order valence-electron chi connectivity index (χ3n) is 7.16. The summed E-state index contributed by atoms with van der Waals surface area (Å²) in [7, 11) is 1.75. The van der Waals surface area contributed by atoms with E-state index in [1.807, 2.05) is 30.6 Å². The van der Waals surface area contributed by atoms with Gasteiger partial charge in [-0.05, 0) is 60.2 Å². The average Bonchev–Trinajstić information content (AvgIpc) is 2.96. The van der Waals surface area contributed by atoms with E-state index in [9.17, 15) is 0 Å². The van der Waals surface area contributed by atoms with Crippen molar-refractivity contribution < 1.29 is 4.74 Å². The fourth-order valence-corrected chi connectivity index (χ4v) is 5.34. The summed E-state index contributed by atoms with van der Waals surface area (Å²) in [5.74, 6) is 0.940. The Morgan fingerprint density at radius 3 is 2.65 bits per heavy atom. The van der Waals surface area contributed by atoms with Crippen molar-refractivity contribution in [2.24, 2.45) is 0 Å². The molecule has 4 aromatic rings. The molecule has 0 fully saturated rings. The van der Waals surface area contributed by atoms with Crippen LogP contribution in [0.5, 0.6) is 5.75 Å². The number of rotatable bonds is 11. The van der Waals surface area contributed by atoms with E-state index in [1.165, 1.54) is 34.4 Å². The lowest BCUT2D eigenvalue weighted by Crippen LogP contribution is -2.31. The largest absolute Gasteiger partial charge is 0.496 e. The number of benzene rings is 2. The number of hydrogen-bond donors (Lipinski definition) is 1. The summed E-state index contributed by atoms with van der Waals surface area (Å²) in [4.78, 5) is 11.8. The number of para-hydroxylation sites is 1. The van der Waals surface area contributed by atoms with Gasteiger partial charge in [0, 0.05) is 56.3 Å². The molecule has 2 heterocycles. The molecule has 1 unspecified atom stereocenters. The molecule has 5 rings (SSSR count). The predicted octanol–water partition coefficient (Wildman–Crippen LogP) is 5.90. The Balaban J connectivity index is 1.32. The van der Waals surface area contributed by atoms with Crippen molar-refractivity contribution in [2.45, 2.75) is 51.4 Å². The Bertz CT molecular complexity index is 1280. The number of pyridine rings is 2. The predicted molar refractivity (Wildman–Crippen MR) is 148 cm³/mol. The molecule has 0 radical (unpaired) electrons. The van der Waals surface area contributed by atoms with Gasteiger partial charge in [0.1, 0.15) is 5.75 Å². The zero-order valence-electron chi connectivity index (χ0n) is 21.6. The van der Waals surface area contributed by atoms with Crippen LogP contribution in [-0.4, -0.2) is 28.5 Å². The smallest absolute Gasteiger partial charge is 0.123 e. The fraction of sp³-hybridized carbons (Fsp3) is 0.312. The second-order valence-corrected chi connectivity index (χ2v) is 9.74. The number of aryl methyl sites for hydroxylation is 1. The Kier molecular flexibility index (Phi) is 8.57. The molecule has 0 saturated carbocycles. The second-order valence-electron chi connectivity index (χ2n) is 9.74. The minimum absolute atomic E-state index is 0.287. The summed E-state index contributed by atoms with van der Waals surface area (Å²) < 4.78 is 5.70. The van der Waals surface area contributed by atoms with Crippen molar-refractivity contribution in [3.05, 3.63) is 125 Å². The zero-order valence-corrected chi connectivity index (χ0v) is 21.6. The minimum atomic E-state index is 0.287. The fourth-order valence-electron chi connectivity index (χ4n) is 5.34. The molecule has 1 aliphatic rings. The standard InChI is InChI=1S/C32H36N4O/c1-37-31-16-3-2-11-28(31)24-36(30-15-7-12-27-13-8-19-35-32(27)30)23-26-10-6-9-25(21-26)22-33-20-17-29-14-4-5-18-34-29/h2-6,8-11,13-14,16,18-19,21,30,33H,7,12,15,17,20,22-24H2,1H3. The van der Waals surface area contributed by atoms with Crippen molar-refractivity contribution in [1.82, 2.24) is 20.2 Å². The minimum Gasteiger partial charge on any atom is -0.496 e. The van der Waals surface area contributed by atoms with Gasteiger partial charge < -0.3 is 10.1 Å². The van der Waals surface area contributed by atoms with Crippen molar-refractivity contribution in [3.8, 4) is 5.75 Å². The quantitative estimate of drug-likeness (QED) is 0.264. The van der Waals surface area contributed by atoms with Gasteiger partial charge in [0.25, 0.3) is 0 Å². The van der Waals surface area contributed by atoms with Crippen LogP contribution in [-0.2, 0) is 32.5 Å². The molecule has 190 valence electrons. The van der Waals surface area contributed by atoms with Gasteiger partial charge in [-0.1, -0.05) is 54.6 Å². The third-order valence-corrected chi connectivity index (χ3v) is 7.16. The van der Waals surface area contributed by atoms with E-state index in [0.717, 1.165) is 56.9 Å². The van der Waals surface area contributed by atoms with Crippen LogP contribution in [0, 0.1) is 0 Å². The molecule has 0 aliphatic heterocycles. The van der Waals surface area contributed by atoms with Gasteiger partial charge in [-0.2, -0.15) is 0 Å².